The molecule has 1 aromatic heterocycles. The van der Waals surface area contributed by atoms with Gasteiger partial charge in [0.25, 0.3) is 0 Å². The Hall–Kier alpha value is -2.15. The number of nitrogens with one attached hydrogen (secondary N) is 1. The second-order valence-electron chi connectivity index (χ2n) is 4.65. The minimum atomic E-state index is -0.429. The molecule has 104 valence electrons. The van der Waals surface area contributed by atoms with Gasteiger partial charge in [-0.25, -0.2) is 4.98 Å². The molecule has 0 saturated heterocycles. The molecule has 1 N–H and O–H groups in total. The summed E-state index contributed by atoms with van der Waals surface area (Å²) >= 11 is 1.05. The van der Waals surface area contributed by atoms with Gasteiger partial charge in [-0.2, -0.15) is 0 Å². The van der Waals surface area contributed by atoms with Crippen LogP contribution in [0.25, 0.3) is 0 Å². The van der Waals surface area contributed by atoms with Gasteiger partial charge in [0.1, 0.15) is 11.9 Å². The SMILES string of the molecule is C[C@@H](Nc1ncc([N+](=O)[O-])s1)[C@H]1COc2ccccc21. The van der Waals surface area contributed by atoms with Crippen LogP contribution in [0.3, 0.4) is 0 Å². The third-order valence-electron chi connectivity index (χ3n) is 3.37. The van der Waals surface area contributed by atoms with E-state index >= 15 is 0 Å². The third kappa shape index (κ3) is 2.32. The van der Waals surface area contributed by atoms with Gasteiger partial charge in [0.2, 0.25) is 0 Å². The Kier molecular flexibility index (Phi) is 3.27. The summed E-state index contributed by atoms with van der Waals surface area (Å²) in [6.45, 7) is 2.64. The number of para-hydroxylation sites is 1. The maximum absolute atomic E-state index is 10.6. The van der Waals surface area contributed by atoms with Crippen LogP contribution >= 0.6 is 11.3 Å². The first-order valence-electron chi connectivity index (χ1n) is 6.23. The van der Waals surface area contributed by atoms with E-state index in [1.54, 1.807) is 0 Å². The molecule has 7 heteroatoms. The molecule has 3 rings (SSSR count). The second-order valence-corrected chi connectivity index (χ2v) is 5.66. The van der Waals surface area contributed by atoms with E-state index in [1.807, 2.05) is 25.1 Å². The van der Waals surface area contributed by atoms with E-state index in [-0.39, 0.29) is 17.0 Å². The number of hydrogen-bond acceptors (Lipinski definition) is 6. The van der Waals surface area contributed by atoms with Crippen LogP contribution < -0.4 is 10.1 Å². The van der Waals surface area contributed by atoms with Gasteiger partial charge >= 0.3 is 5.00 Å². The predicted molar refractivity (Wildman–Crippen MR) is 76.5 cm³/mol. The fourth-order valence-corrected chi connectivity index (χ4v) is 3.04. The largest absolute Gasteiger partial charge is 0.493 e. The quantitative estimate of drug-likeness (QED) is 0.692. The molecule has 2 heterocycles. The molecule has 6 nitrogen and oxygen atoms in total. The van der Waals surface area contributed by atoms with E-state index in [9.17, 15) is 10.1 Å². The Morgan fingerprint density at radius 2 is 2.35 bits per heavy atom. The summed E-state index contributed by atoms with van der Waals surface area (Å²) in [5, 5.41) is 14.5. The zero-order valence-electron chi connectivity index (χ0n) is 10.8. The Balaban J connectivity index is 1.74. The molecule has 0 spiro atoms. The molecule has 0 saturated carbocycles. The number of thiazole rings is 1. The smallest absolute Gasteiger partial charge is 0.345 e. The Morgan fingerprint density at radius 1 is 1.55 bits per heavy atom. The Morgan fingerprint density at radius 3 is 3.10 bits per heavy atom. The normalized spacial score (nSPS) is 18.1. The van der Waals surface area contributed by atoms with Gasteiger partial charge < -0.3 is 10.1 Å². The van der Waals surface area contributed by atoms with Gasteiger partial charge in [-0.1, -0.05) is 18.2 Å². The number of hydrogen-bond donors (Lipinski definition) is 1. The van der Waals surface area contributed by atoms with Gasteiger partial charge in [-0.05, 0) is 24.3 Å². The number of anilines is 1. The minimum Gasteiger partial charge on any atom is -0.493 e. The lowest BCUT2D eigenvalue weighted by molar-refractivity contribution is -0.380. The zero-order valence-corrected chi connectivity index (χ0v) is 11.6. The number of rotatable bonds is 4. The van der Waals surface area contributed by atoms with E-state index in [2.05, 4.69) is 16.4 Å². The van der Waals surface area contributed by atoms with Crippen LogP contribution in [0.15, 0.2) is 30.5 Å². The highest BCUT2D eigenvalue weighted by molar-refractivity contribution is 7.18. The summed E-state index contributed by atoms with van der Waals surface area (Å²) in [6.07, 6.45) is 1.28. The lowest BCUT2D eigenvalue weighted by atomic mass is 9.95. The predicted octanol–water partition coefficient (Wildman–Crippen LogP) is 3.03. The van der Waals surface area contributed by atoms with Crippen molar-refractivity contribution in [2.75, 3.05) is 11.9 Å². The number of benzene rings is 1. The summed E-state index contributed by atoms with van der Waals surface area (Å²) in [7, 11) is 0. The molecular formula is C13H13N3O3S. The highest BCUT2D eigenvalue weighted by Gasteiger charge is 2.29. The van der Waals surface area contributed by atoms with Crippen molar-refractivity contribution in [3.8, 4) is 5.75 Å². The fourth-order valence-electron chi connectivity index (χ4n) is 2.31. The first kappa shape index (κ1) is 12.9. The van der Waals surface area contributed by atoms with E-state index in [0.29, 0.717) is 11.7 Å². The van der Waals surface area contributed by atoms with Crippen molar-refractivity contribution >= 4 is 21.5 Å². The first-order valence-corrected chi connectivity index (χ1v) is 7.05. The van der Waals surface area contributed by atoms with E-state index < -0.39 is 4.92 Å². The molecular weight excluding hydrogens is 278 g/mol. The summed E-state index contributed by atoms with van der Waals surface area (Å²) in [5.74, 6) is 1.13. The van der Waals surface area contributed by atoms with Crippen molar-refractivity contribution in [3.05, 3.63) is 46.1 Å². The number of ether oxygens (including phenoxy) is 1. The van der Waals surface area contributed by atoms with Crippen LogP contribution in [0.1, 0.15) is 18.4 Å². The maximum Gasteiger partial charge on any atom is 0.345 e. The molecule has 1 aromatic carbocycles. The molecule has 0 fully saturated rings. The molecule has 1 aliphatic rings. The molecule has 2 atom stereocenters. The molecule has 20 heavy (non-hydrogen) atoms. The van der Waals surface area contributed by atoms with Crippen LogP contribution in [-0.4, -0.2) is 22.6 Å². The van der Waals surface area contributed by atoms with Gasteiger partial charge in [-0.3, -0.25) is 10.1 Å². The second kappa shape index (κ2) is 5.09. The average molecular weight is 291 g/mol. The van der Waals surface area contributed by atoms with Crippen LogP contribution in [0.4, 0.5) is 10.1 Å². The van der Waals surface area contributed by atoms with Crippen molar-refractivity contribution in [1.29, 1.82) is 0 Å². The Bertz CT molecular complexity index is 643. The average Bonchev–Trinajstić information content (AvgIpc) is 3.04. The third-order valence-corrected chi connectivity index (χ3v) is 4.25. The maximum atomic E-state index is 10.6. The molecule has 0 amide bonds. The lowest BCUT2D eigenvalue weighted by Crippen LogP contribution is -2.25. The number of nitrogens with zero attached hydrogens (tertiary/aromatic N) is 2. The van der Waals surface area contributed by atoms with Crippen molar-refractivity contribution in [2.45, 2.75) is 18.9 Å². The molecule has 0 aliphatic carbocycles. The molecule has 2 aromatic rings. The van der Waals surface area contributed by atoms with Crippen LogP contribution in [0.5, 0.6) is 5.75 Å². The highest BCUT2D eigenvalue weighted by Crippen LogP contribution is 2.37. The topological polar surface area (TPSA) is 77.3 Å². The summed E-state index contributed by atoms with van der Waals surface area (Å²) in [5.41, 5.74) is 1.17. The number of nitro groups is 1. The van der Waals surface area contributed by atoms with Gasteiger partial charge in [0.05, 0.1) is 11.5 Å². The standard InChI is InChI=1S/C13H13N3O3S/c1-8(15-13-14-6-12(20-13)16(17)18)10-7-19-11-5-3-2-4-9(10)11/h2-6,8,10H,7H2,1H3,(H,14,15)/t8-,10-/m1/s1. The zero-order chi connectivity index (χ0) is 14.1. The molecule has 1 aliphatic heterocycles. The summed E-state index contributed by atoms with van der Waals surface area (Å²) in [4.78, 5) is 14.2. The molecule has 0 bridgehead atoms. The Labute approximate surface area is 119 Å². The van der Waals surface area contributed by atoms with Crippen LogP contribution in [0.2, 0.25) is 0 Å². The lowest BCUT2D eigenvalue weighted by Gasteiger charge is -2.19. The van der Waals surface area contributed by atoms with Crippen LogP contribution in [0, 0.1) is 10.1 Å². The monoisotopic (exact) mass is 291 g/mol. The van der Waals surface area contributed by atoms with Crippen LogP contribution in [-0.2, 0) is 0 Å². The van der Waals surface area contributed by atoms with Crippen molar-refractivity contribution in [3.63, 3.8) is 0 Å². The highest BCUT2D eigenvalue weighted by atomic mass is 32.1. The van der Waals surface area contributed by atoms with E-state index in [1.165, 1.54) is 11.8 Å². The van der Waals surface area contributed by atoms with Gasteiger partial charge in [-0.15, -0.1) is 0 Å². The van der Waals surface area contributed by atoms with E-state index in [0.717, 1.165) is 17.1 Å². The van der Waals surface area contributed by atoms with Crippen molar-refractivity contribution in [1.82, 2.24) is 4.98 Å². The summed E-state index contributed by atoms with van der Waals surface area (Å²) in [6, 6.07) is 8.03. The van der Waals surface area contributed by atoms with Crippen molar-refractivity contribution < 1.29 is 9.66 Å². The summed E-state index contributed by atoms with van der Waals surface area (Å²) < 4.78 is 5.65. The number of aromatic nitrogens is 1. The fraction of sp³-hybridized carbons (Fsp3) is 0.308. The number of fused-ring (bicyclic) bond motifs is 1. The molecule has 0 unspecified atom stereocenters. The minimum absolute atomic E-state index is 0.0442. The van der Waals surface area contributed by atoms with E-state index in [4.69, 9.17) is 4.74 Å². The van der Waals surface area contributed by atoms with Crippen molar-refractivity contribution in [2.24, 2.45) is 0 Å². The molecule has 0 radical (unpaired) electrons. The van der Waals surface area contributed by atoms with Gasteiger partial charge in [0.15, 0.2) is 5.13 Å². The first-order chi connectivity index (χ1) is 9.65. The van der Waals surface area contributed by atoms with Gasteiger partial charge in [0, 0.05) is 17.5 Å².